The fourth-order valence-corrected chi connectivity index (χ4v) is 4.74. The standard InChI is InChI=1S/C26H21F3N4O3/c27-26(28,29)17-11-9-15(10-12-17)18-13-23(36)33(20-7-4-8-21(34)24(18)20)32-19-14-22(35)30-31-25(19)16-5-2-1-3-6-16/h1-3,5-6,9-12,14,18H,4,7-8,13H2,(H2,30,32,35)/t18-/m0/s1. The molecule has 2 aromatic carbocycles. The third-order valence-corrected chi connectivity index (χ3v) is 6.40. The van der Waals surface area contributed by atoms with Crippen LogP contribution >= 0.6 is 0 Å². The molecule has 0 spiro atoms. The van der Waals surface area contributed by atoms with Crippen molar-refractivity contribution in [2.24, 2.45) is 0 Å². The van der Waals surface area contributed by atoms with Crippen molar-refractivity contribution in [3.05, 3.63) is 93.4 Å². The van der Waals surface area contributed by atoms with Crippen LogP contribution in [-0.2, 0) is 15.8 Å². The summed E-state index contributed by atoms with van der Waals surface area (Å²) >= 11 is 0. The maximum atomic E-state index is 13.3. The van der Waals surface area contributed by atoms with Crippen molar-refractivity contribution in [2.45, 2.75) is 37.8 Å². The molecule has 3 aromatic rings. The molecule has 7 nitrogen and oxygen atoms in total. The highest BCUT2D eigenvalue weighted by Gasteiger charge is 2.40. The van der Waals surface area contributed by atoms with Crippen molar-refractivity contribution in [3.8, 4) is 11.3 Å². The van der Waals surface area contributed by atoms with Gasteiger partial charge in [0.2, 0.25) is 5.91 Å². The first-order chi connectivity index (χ1) is 17.2. The van der Waals surface area contributed by atoms with Crippen molar-refractivity contribution in [1.82, 2.24) is 15.2 Å². The normalized spacial score (nSPS) is 18.3. The summed E-state index contributed by atoms with van der Waals surface area (Å²) < 4.78 is 39.1. The molecule has 0 unspecified atom stereocenters. The molecule has 1 atom stereocenters. The number of nitrogens with one attached hydrogen (secondary N) is 2. The number of H-pyrrole nitrogens is 1. The number of hydrazine groups is 1. The molecule has 184 valence electrons. The van der Waals surface area contributed by atoms with Crippen molar-refractivity contribution in [2.75, 3.05) is 5.43 Å². The molecule has 0 saturated heterocycles. The molecular weight excluding hydrogens is 473 g/mol. The number of allylic oxidation sites excluding steroid dienone is 2. The molecule has 2 aliphatic rings. The molecule has 1 aromatic heterocycles. The summed E-state index contributed by atoms with van der Waals surface area (Å²) in [5, 5.41) is 7.82. The fourth-order valence-electron chi connectivity index (χ4n) is 4.74. The number of hydrogen-bond acceptors (Lipinski definition) is 5. The topological polar surface area (TPSA) is 95.2 Å². The second-order valence-electron chi connectivity index (χ2n) is 8.72. The van der Waals surface area contributed by atoms with Gasteiger partial charge in [0.05, 0.1) is 16.9 Å². The Morgan fingerprint density at radius 3 is 2.39 bits per heavy atom. The molecule has 0 saturated carbocycles. The first-order valence-electron chi connectivity index (χ1n) is 11.4. The fraction of sp³-hybridized carbons (Fsp3) is 0.231. The molecule has 10 heteroatoms. The van der Waals surface area contributed by atoms with Gasteiger partial charge < -0.3 is 0 Å². The summed E-state index contributed by atoms with van der Waals surface area (Å²) in [4.78, 5) is 38.4. The minimum absolute atomic E-state index is 0.111. The van der Waals surface area contributed by atoms with Gasteiger partial charge in [-0.15, -0.1) is 0 Å². The second kappa shape index (κ2) is 9.10. The van der Waals surface area contributed by atoms with Crippen LogP contribution in [-0.4, -0.2) is 26.9 Å². The van der Waals surface area contributed by atoms with Crippen LogP contribution < -0.4 is 11.0 Å². The van der Waals surface area contributed by atoms with Crippen molar-refractivity contribution < 1.29 is 22.8 Å². The Hall–Kier alpha value is -4.21. The summed E-state index contributed by atoms with van der Waals surface area (Å²) in [5.74, 6) is -1.16. The van der Waals surface area contributed by atoms with Crippen LogP contribution in [0.25, 0.3) is 11.3 Å². The van der Waals surface area contributed by atoms with E-state index in [1.165, 1.54) is 23.2 Å². The van der Waals surface area contributed by atoms with Crippen LogP contribution in [0.3, 0.4) is 0 Å². The number of aromatic amines is 1. The molecule has 0 bridgehead atoms. The molecule has 1 amide bonds. The molecule has 1 aliphatic heterocycles. The molecule has 0 fully saturated rings. The predicted molar refractivity (Wildman–Crippen MR) is 125 cm³/mol. The number of benzene rings is 2. The van der Waals surface area contributed by atoms with E-state index in [0.717, 1.165) is 12.1 Å². The van der Waals surface area contributed by atoms with E-state index >= 15 is 0 Å². The van der Waals surface area contributed by atoms with Gasteiger partial charge in [-0.05, 0) is 30.5 Å². The molecule has 5 rings (SSSR count). The summed E-state index contributed by atoms with van der Waals surface area (Å²) in [6, 6.07) is 14.9. The number of carbonyl (C=O) groups excluding carboxylic acids is 2. The Bertz CT molecular complexity index is 1410. The monoisotopic (exact) mass is 494 g/mol. The number of carbonyl (C=O) groups is 2. The van der Waals surface area contributed by atoms with Crippen LogP contribution in [0.1, 0.15) is 42.7 Å². The van der Waals surface area contributed by atoms with E-state index in [9.17, 15) is 27.6 Å². The number of amides is 1. The quantitative estimate of drug-likeness (QED) is 0.543. The van der Waals surface area contributed by atoms with E-state index in [-0.39, 0.29) is 23.8 Å². The van der Waals surface area contributed by atoms with Gasteiger partial charge in [-0.2, -0.15) is 18.3 Å². The van der Waals surface area contributed by atoms with E-state index in [1.807, 2.05) is 18.2 Å². The Morgan fingerprint density at radius 1 is 0.972 bits per heavy atom. The number of halogens is 3. The molecule has 0 radical (unpaired) electrons. The Labute approximate surface area is 203 Å². The second-order valence-corrected chi connectivity index (χ2v) is 8.72. The minimum Gasteiger partial charge on any atom is -0.294 e. The average Bonchev–Trinajstić information content (AvgIpc) is 2.86. The Kier molecular flexibility index (Phi) is 5.95. The van der Waals surface area contributed by atoms with Crippen molar-refractivity contribution >= 4 is 17.4 Å². The van der Waals surface area contributed by atoms with Crippen LogP contribution in [0.2, 0.25) is 0 Å². The minimum atomic E-state index is -4.48. The van der Waals surface area contributed by atoms with Gasteiger partial charge >= 0.3 is 6.18 Å². The highest BCUT2D eigenvalue weighted by molar-refractivity contribution is 6.01. The smallest absolute Gasteiger partial charge is 0.294 e. The molecule has 2 N–H and O–H groups in total. The van der Waals surface area contributed by atoms with E-state index in [0.29, 0.717) is 47.4 Å². The van der Waals surface area contributed by atoms with Crippen molar-refractivity contribution in [1.29, 1.82) is 0 Å². The third kappa shape index (κ3) is 4.41. The summed E-state index contributed by atoms with van der Waals surface area (Å²) in [5.41, 5.74) is 4.49. The summed E-state index contributed by atoms with van der Waals surface area (Å²) in [6.07, 6.45) is -3.35. The number of aromatic nitrogens is 2. The summed E-state index contributed by atoms with van der Waals surface area (Å²) in [6.45, 7) is 0. The third-order valence-electron chi connectivity index (χ3n) is 6.40. The van der Waals surface area contributed by atoms with E-state index in [2.05, 4.69) is 15.6 Å². The number of rotatable bonds is 4. The zero-order valence-electron chi connectivity index (χ0n) is 18.9. The highest BCUT2D eigenvalue weighted by atomic mass is 19.4. The lowest BCUT2D eigenvalue weighted by atomic mass is 9.77. The number of Topliss-reactive ketones (excluding diaryl/α,β-unsaturated/α-hetero) is 1. The van der Waals surface area contributed by atoms with E-state index in [1.54, 1.807) is 12.1 Å². The Morgan fingerprint density at radius 2 is 1.69 bits per heavy atom. The zero-order valence-corrected chi connectivity index (χ0v) is 18.9. The summed E-state index contributed by atoms with van der Waals surface area (Å²) in [7, 11) is 0. The van der Waals surface area contributed by atoms with E-state index in [4.69, 9.17) is 0 Å². The lowest BCUT2D eigenvalue weighted by Gasteiger charge is -2.38. The van der Waals surface area contributed by atoms with Gasteiger partial charge in [0, 0.05) is 36.0 Å². The lowest BCUT2D eigenvalue weighted by molar-refractivity contribution is -0.137. The number of hydrogen-bond donors (Lipinski definition) is 2. The average molecular weight is 494 g/mol. The molecule has 1 aliphatic carbocycles. The predicted octanol–water partition coefficient (Wildman–Crippen LogP) is 4.81. The van der Waals surface area contributed by atoms with Gasteiger partial charge in [-0.1, -0.05) is 42.5 Å². The molecule has 36 heavy (non-hydrogen) atoms. The maximum Gasteiger partial charge on any atom is 0.416 e. The first-order valence-corrected chi connectivity index (χ1v) is 11.4. The number of alkyl halides is 3. The number of ketones is 1. The molecular formula is C26H21F3N4O3. The van der Waals surface area contributed by atoms with Crippen LogP contribution in [0.5, 0.6) is 0 Å². The van der Waals surface area contributed by atoms with Crippen LogP contribution in [0.15, 0.2) is 76.7 Å². The SMILES string of the molecule is O=C1CCCC2=C1[C@H](c1ccc(C(F)(F)F)cc1)CC(=O)N2Nc1cc(=O)[nH]nc1-c1ccccc1. The number of nitrogens with zero attached hydrogens (tertiary/aromatic N) is 2. The largest absolute Gasteiger partial charge is 0.416 e. The van der Waals surface area contributed by atoms with Gasteiger partial charge in [-0.3, -0.25) is 19.8 Å². The van der Waals surface area contributed by atoms with Gasteiger partial charge in [0.25, 0.3) is 5.56 Å². The zero-order chi connectivity index (χ0) is 25.4. The maximum absolute atomic E-state index is 13.3. The van der Waals surface area contributed by atoms with Gasteiger partial charge in [0.1, 0.15) is 5.69 Å². The first kappa shape index (κ1) is 23.5. The number of anilines is 1. The van der Waals surface area contributed by atoms with Crippen molar-refractivity contribution in [3.63, 3.8) is 0 Å². The molecule has 2 heterocycles. The van der Waals surface area contributed by atoms with E-state index < -0.39 is 23.2 Å². The highest BCUT2D eigenvalue weighted by Crippen LogP contribution is 2.42. The van der Waals surface area contributed by atoms with Crippen LogP contribution in [0.4, 0.5) is 18.9 Å². The van der Waals surface area contributed by atoms with Gasteiger partial charge in [0.15, 0.2) is 5.78 Å². The van der Waals surface area contributed by atoms with Gasteiger partial charge in [-0.25, -0.2) is 10.1 Å². The Balaban J connectivity index is 1.55. The van der Waals surface area contributed by atoms with Crippen LogP contribution in [0, 0.1) is 0 Å². The lowest BCUT2D eigenvalue weighted by Crippen LogP contribution is -2.43.